The largest absolute Gasteiger partial charge is 0.342 e. The summed E-state index contributed by atoms with van der Waals surface area (Å²) in [6.45, 7) is 3.08. The summed E-state index contributed by atoms with van der Waals surface area (Å²) in [7, 11) is 1.94. The molecule has 138 valence electrons. The van der Waals surface area contributed by atoms with Gasteiger partial charge in [-0.05, 0) is 57.0 Å². The van der Waals surface area contributed by atoms with Gasteiger partial charge in [0.1, 0.15) is 5.92 Å². The van der Waals surface area contributed by atoms with Gasteiger partial charge in [-0.2, -0.15) is 0 Å². The van der Waals surface area contributed by atoms with Gasteiger partial charge in [0.25, 0.3) is 0 Å². The number of anilines is 1. The molecule has 2 aliphatic rings. The summed E-state index contributed by atoms with van der Waals surface area (Å²) in [5.41, 5.74) is 0.858. The smallest absolute Gasteiger partial charge is 0.239 e. The van der Waals surface area contributed by atoms with Crippen molar-refractivity contribution in [3.8, 4) is 0 Å². The molecule has 1 aromatic rings. The molecule has 2 aliphatic heterocycles. The second kappa shape index (κ2) is 9.01. The van der Waals surface area contributed by atoms with Crippen LogP contribution in [0.1, 0.15) is 19.3 Å². The summed E-state index contributed by atoms with van der Waals surface area (Å²) < 4.78 is 0.938. The van der Waals surface area contributed by atoms with Crippen LogP contribution >= 0.6 is 28.3 Å². The zero-order valence-corrected chi connectivity index (χ0v) is 16.8. The number of nitrogens with zero attached hydrogens (tertiary/aromatic N) is 2. The normalized spacial score (nSPS) is 23.5. The standard InChI is InChI=1S/C18H24BrN3O2.ClH/c1-20-11-13-4-3-8-21(12-13)17(23)16-7-9-22(18(16)24)15-6-2-5-14(19)10-15;/h2,5-6,10,13,16,20H,3-4,7-9,11-12H2,1H3;1H. The highest BCUT2D eigenvalue weighted by atomic mass is 79.9. The second-order valence-electron chi connectivity index (χ2n) is 6.66. The zero-order valence-electron chi connectivity index (χ0n) is 14.4. The van der Waals surface area contributed by atoms with Gasteiger partial charge < -0.3 is 15.1 Å². The van der Waals surface area contributed by atoms with Crippen LogP contribution in [-0.2, 0) is 9.59 Å². The molecule has 2 fully saturated rings. The first-order valence-corrected chi connectivity index (χ1v) is 9.39. The van der Waals surface area contributed by atoms with Crippen LogP contribution in [0.2, 0.25) is 0 Å². The number of hydrogen-bond donors (Lipinski definition) is 1. The van der Waals surface area contributed by atoms with Crippen molar-refractivity contribution >= 4 is 45.8 Å². The Balaban J connectivity index is 0.00000225. The molecule has 2 unspecified atom stereocenters. The van der Waals surface area contributed by atoms with Gasteiger partial charge in [-0.1, -0.05) is 22.0 Å². The van der Waals surface area contributed by atoms with E-state index in [-0.39, 0.29) is 24.2 Å². The van der Waals surface area contributed by atoms with Gasteiger partial charge >= 0.3 is 0 Å². The number of amides is 2. The third-order valence-corrected chi connectivity index (χ3v) is 5.44. The minimum absolute atomic E-state index is 0. The van der Waals surface area contributed by atoms with E-state index in [9.17, 15) is 9.59 Å². The molecule has 1 N–H and O–H groups in total. The molecular formula is C18H25BrClN3O2. The Labute approximate surface area is 163 Å². The number of piperidine rings is 1. The summed E-state index contributed by atoms with van der Waals surface area (Å²) >= 11 is 3.44. The van der Waals surface area contributed by atoms with E-state index in [1.807, 2.05) is 36.2 Å². The summed E-state index contributed by atoms with van der Waals surface area (Å²) in [6, 6.07) is 7.69. The summed E-state index contributed by atoms with van der Waals surface area (Å²) in [5, 5.41) is 3.19. The third kappa shape index (κ3) is 4.54. The molecule has 2 atom stereocenters. The van der Waals surface area contributed by atoms with Crippen LogP contribution < -0.4 is 10.2 Å². The Bertz CT molecular complexity index is 626. The molecule has 0 aromatic heterocycles. The van der Waals surface area contributed by atoms with Crippen molar-refractivity contribution in [2.24, 2.45) is 11.8 Å². The number of likely N-dealkylation sites (tertiary alicyclic amines) is 1. The average Bonchev–Trinajstić information content (AvgIpc) is 2.96. The fourth-order valence-electron chi connectivity index (χ4n) is 3.75. The quantitative estimate of drug-likeness (QED) is 0.747. The van der Waals surface area contributed by atoms with Gasteiger partial charge in [0.05, 0.1) is 0 Å². The molecule has 7 heteroatoms. The van der Waals surface area contributed by atoms with Gasteiger partial charge in [0.15, 0.2) is 0 Å². The lowest BCUT2D eigenvalue weighted by atomic mass is 9.96. The lowest BCUT2D eigenvalue weighted by Crippen LogP contribution is -2.46. The Hall–Kier alpha value is -1.11. The lowest BCUT2D eigenvalue weighted by molar-refractivity contribution is -0.141. The van der Waals surface area contributed by atoms with Crippen LogP contribution in [-0.4, -0.2) is 49.9 Å². The zero-order chi connectivity index (χ0) is 17.1. The SMILES string of the molecule is CNCC1CCCN(C(=O)C2CCN(c3cccc(Br)c3)C2=O)C1.Cl. The van der Waals surface area contributed by atoms with E-state index in [1.165, 1.54) is 0 Å². The first-order chi connectivity index (χ1) is 11.6. The molecule has 2 heterocycles. The number of nitrogens with one attached hydrogen (secondary N) is 1. The van der Waals surface area contributed by atoms with Crippen LogP contribution in [0.5, 0.6) is 0 Å². The predicted molar refractivity (Wildman–Crippen MR) is 105 cm³/mol. The van der Waals surface area contributed by atoms with E-state index >= 15 is 0 Å². The van der Waals surface area contributed by atoms with Gasteiger partial charge in [-0.25, -0.2) is 0 Å². The molecule has 2 saturated heterocycles. The van der Waals surface area contributed by atoms with E-state index in [2.05, 4.69) is 21.2 Å². The average molecular weight is 431 g/mol. The van der Waals surface area contributed by atoms with E-state index in [0.29, 0.717) is 18.9 Å². The highest BCUT2D eigenvalue weighted by Gasteiger charge is 2.40. The van der Waals surface area contributed by atoms with Gasteiger partial charge in [-0.3, -0.25) is 9.59 Å². The number of carbonyl (C=O) groups excluding carboxylic acids is 2. The molecular weight excluding hydrogens is 406 g/mol. The number of rotatable bonds is 4. The third-order valence-electron chi connectivity index (χ3n) is 4.95. The minimum atomic E-state index is -0.516. The van der Waals surface area contributed by atoms with Crippen molar-refractivity contribution in [1.82, 2.24) is 10.2 Å². The van der Waals surface area contributed by atoms with Crippen molar-refractivity contribution in [2.45, 2.75) is 19.3 Å². The molecule has 0 aliphatic carbocycles. The summed E-state index contributed by atoms with van der Waals surface area (Å²) in [4.78, 5) is 29.3. The van der Waals surface area contributed by atoms with Crippen LogP contribution in [0.25, 0.3) is 0 Å². The number of carbonyl (C=O) groups is 2. The molecule has 2 amide bonds. The first-order valence-electron chi connectivity index (χ1n) is 8.60. The fraction of sp³-hybridized carbons (Fsp3) is 0.556. The maximum atomic E-state index is 12.9. The number of benzene rings is 1. The molecule has 0 spiro atoms. The Morgan fingerprint density at radius 3 is 2.84 bits per heavy atom. The van der Waals surface area contributed by atoms with Crippen LogP contribution in [0.3, 0.4) is 0 Å². The van der Waals surface area contributed by atoms with E-state index in [0.717, 1.165) is 42.6 Å². The van der Waals surface area contributed by atoms with E-state index < -0.39 is 5.92 Å². The predicted octanol–water partition coefficient (Wildman–Crippen LogP) is 2.68. The molecule has 25 heavy (non-hydrogen) atoms. The van der Waals surface area contributed by atoms with Crippen molar-refractivity contribution in [3.63, 3.8) is 0 Å². The van der Waals surface area contributed by atoms with Gasteiger partial charge in [0, 0.05) is 29.8 Å². The molecule has 0 bridgehead atoms. The van der Waals surface area contributed by atoms with Crippen molar-refractivity contribution in [1.29, 1.82) is 0 Å². The van der Waals surface area contributed by atoms with Crippen molar-refractivity contribution in [2.75, 3.05) is 38.1 Å². The minimum Gasteiger partial charge on any atom is -0.342 e. The lowest BCUT2D eigenvalue weighted by Gasteiger charge is -2.34. The maximum Gasteiger partial charge on any atom is 0.239 e. The van der Waals surface area contributed by atoms with Crippen molar-refractivity contribution < 1.29 is 9.59 Å². The van der Waals surface area contributed by atoms with Crippen molar-refractivity contribution in [3.05, 3.63) is 28.7 Å². The molecule has 1 aromatic carbocycles. The highest BCUT2D eigenvalue weighted by Crippen LogP contribution is 2.29. The molecule has 0 radical (unpaired) electrons. The molecule has 3 rings (SSSR count). The van der Waals surface area contributed by atoms with Gasteiger partial charge in [0.2, 0.25) is 11.8 Å². The topological polar surface area (TPSA) is 52.7 Å². The summed E-state index contributed by atoms with van der Waals surface area (Å²) in [6.07, 6.45) is 2.78. The van der Waals surface area contributed by atoms with E-state index in [4.69, 9.17) is 0 Å². The van der Waals surface area contributed by atoms with Gasteiger partial charge in [-0.15, -0.1) is 12.4 Å². The summed E-state index contributed by atoms with van der Waals surface area (Å²) in [5.74, 6) is -0.0742. The number of hydrogen-bond acceptors (Lipinski definition) is 3. The van der Waals surface area contributed by atoms with Crippen LogP contribution in [0.4, 0.5) is 5.69 Å². The maximum absolute atomic E-state index is 12.9. The highest BCUT2D eigenvalue weighted by molar-refractivity contribution is 9.10. The second-order valence-corrected chi connectivity index (χ2v) is 7.58. The molecule has 5 nitrogen and oxygen atoms in total. The Kier molecular flexibility index (Phi) is 7.28. The van der Waals surface area contributed by atoms with Crippen LogP contribution in [0.15, 0.2) is 28.7 Å². The Morgan fingerprint density at radius 2 is 2.12 bits per heavy atom. The number of halogens is 2. The molecule has 0 saturated carbocycles. The van der Waals surface area contributed by atoms with E-state index in [1.54, 1.807) is 4.90 Å². The Morgan fingerprint density at radius 1 is 1.32 bits per heavy atom. The first kappa shape index (κ1) is 20.2. The monoisotopic (exact) mass is 429 g/mol. The van der Waals surface area contributed by atoms with Crippen LogP contribution in [0, 0.1) is 11.8 Å². The fourth-order valence-corrected chi connectivity index (χ4v) is 4.14.